The van der Waals surface area contributed by atoms with E-state index in [1.54, 1.807) is 18.3 Å². The van der Waals surface area contributed by atoms with Crippen molar-refractivity contribution in [3.8, 4) is 0 Å². The first kappa shape index (κ1) is 17.9. The first-order chi connectivity index (χ1) is 11.9. The minimum atomic E-state index is -3.28. The molecule has 0 bridgehead atoms. The summed E-state index contributed by atoms with van der Waals surface area (Å²) in [6.45, 7) is 4.20. The number of pyridine rings is 1. The van der Waals surface area contributed by atoms with Gasteiger partial charge in [-0.05, 0) is 37.5 Å². The highest BCUT2D eigenvalue weighted by molar-refractivity contribution is 7.90. The Bertz CT molecular complexity index is 800. The van der Waals surface area contributed by atoms with Crippen molar-refractivity contribution in [3.05, 3.63) is 54.2 Å². The lowest BCUT2D eigenvalue weighted by Gasteiger charge is -2.36. The maximum absolute atomic E-state index is 11.9. The van der Waals surface area contributed by atoms with Crippen LogP contribution in [0.15, 0.2) is 53.6 Å². The van der Waals surface area contributed by atoms with E-state index >= 15 is 0 Å². The molecule has 1 N–H and O–H groups in total. The van der Waals surface area contributed by atoms with E-state index < -0.39 is 9.84 Å². The quantitative estimate of drug-likeness (QED) is 0.889. The van der Waals surface area contributed by atoms with Crippen LogP contribution in [0.25, 0.3) is 0 Å². The number of benzene rings is 1. The second-order valence-corrected chi connectivity index (χ2v) is 8.65. The van der Waals surface area contributed by atoms with Gasteiger partial charge in [-0.2, -0.15) is 0 Å². The number of nitrogens with zero attached hydrogens (tertiary/aromatic N) is 2. The van der Waals surface area contributed by atoms with E-state index in [9.17, 15) is 8.42 Å². The molecule has 2 aromatic rings. The molecule has 1 aliphatic heterocycles. The molecule has 0 amide bonds. The van der Waals surface area contributed by atoms with Crippen molar-refractivity contribution in [1.82, 2.24) is 9.88 Å². The molecule has 134 valence electrons. The zero-order valence-corrected chi connectivity index (χ0v) is 15.5. The Morgan fingerprint density at radius 3 is 2.44 bits per heavy atom. The molecular weight excluding hydrogens is 334 g/mol. The minimum Gasteiger partial charge on any atom is -0.366 e. The van der Waals surface area contributed by atoms with Crippen LogP contribution in [0.1, 0.15) is 31.4 Å². The average Bonchev–Trinajstić information content (AvgIpc) is 2.62. The number of nitrogens with one attached hydrogen (secondary N) is 1. The maximum atomic E-state index is 11.9. The molecule has 1 atom stereocenters. The lowest BCUT2D eigenvalue weighted by Crippen LogP contribution is -2.40. The van der Waals surface area contributed by atoms with Crippen LogP contribution in [0, 0.1) is 0 Å². The maximum Gasteiger partial charge on any atom is 0.179 e. The monoisotopic (exact) mass is 359 g/mol. The highest BCUT2D eigenvalue weighted by Crippen LogP contribution is 2.26. The normalized spacial score (nSPS) is 18.0. The number of aromatic nitrogens is 1. The summed E-state index contributed by atoms with van der Waals surface area (Å²) in [4.78, 5) is 6.99. The van der Waals surface area contributed by atoms with Crippen LogP contribution in [0.5, 0.6) is 0 Å². The molecule has 0 saturated carbocycles. The largest absolute Gasteiger partial charge is 0.366 e. The first-order valence-corrected chi connectivity index (χ1v) is 10.5. The molecule has 5 nitrogen and oxygen atoms in total. The van der Waals surface area contributed by atoms with E-state index in [0.29, 0.717) is 11.9 Å². The van der Waals surface area contributed by atoms with E-state index in [2.05, 4.69) is 46.4 Å². The van der Waals surface area contributed by atoms with Gasteiger partial charge in [0.25, 0.3) is 0 Å². The summed E-state index contributed by atoms with van der Waals surface area (Å²) < 4.78 is 23.8. The van der Waals surface area contributed by atoms with E-state index in [-0.39, 0.29) is 10.9 Å². The SMILES string of the molecule is CC(c1ccccc1)N1CCC(Nc2ncccc2S(C)(=O)=O)CC1. The molecule has 3 rings (SSSR count). The van der Waals surface area contributed by atoms with Gasteiger partial charge in [-0.25, -0.2) is 13.4 Å². The third-order valence-corrected chi connectivity index (χ3v) is 6.00. The van der Waals surface area contributed by atoms with E-state index in [1.807, 2.05) is 6.07 Å². The fourth-order valence-corrected chi connectivity index (χ4v) is 4.15. The van der Waals surface area contributed by atoms with Crippen LogP contribution < -0.4 is 5.32 Å². The molecule has 1 aromatic carbocycles. The van der Waals surface area contributed by atoms with Gasteiger partial charge in [0, 0.05) is 37.6 Å². The summed E-state index contributed by atoms with van der Waals surface area (Å²) in [5.41, 5.74) is 1.33. The lowest BCUT2D eigenvalue weighted by atomic mass is 10.00. The van der Waals surface area contributed by atoms with Gasteiger partial charge in [-0.1, -0.05) is 30.3 Å². The molecule has 1 saturated heterocycles. The summed E-state index contributed by atoms with van der Waals surface area (Å²) >= 11 is 0. The summed E-state index contributed by atoms with van der Waals surface area (Å²) in [5.74, 6) is 0.472. The Morgan fingerprint density at radius 2 is 1.80 bits per heavy atom. The second-order valence-electron chi connectivity index (χ2n) is 6.66. The molecule has 1 aromatic heterocycles. The Labute approximate surface area is 150 Å². The third-order valence-electron chi connectivity index (χ3n) is 4.87. The lowest BCUT2D eigenvalue weighted by molar-refractivity contribution is 0.167. The number of hydrogen-bond acceptors (Lipinski definition) is 5. The highest BCUT2D eigenvalue weighted by Gasteiger charge is 2.25. The molecule has 1 fully saturated rings. The second kappa shape index (κ2) is 7.54. The molecule has 1 aliphatic rings. The van der Waals surface area contributed by atoms with Crippen molar-refractivity contribution < 1.29 is 8.42 Å². The number of hydrogen-bond donors (Lipinski definition) is 1. The fourth-order valence-electron chi connectivity index (χ4n) is 3.36. The van der Waals surface area contributed by atoms with Crippen LogP contribution in [0.3, 0.4) is 0 Å². The van der Waals surface area contributed by atoms with Gasteiger partial charge in [-0.15, -0.1) is 0 Å². The summed E-state index contributed by atoms with van der Waals surface area (Å²) in [6.07, 6.45) is 4.79. The van der Waals surface area contributed by atoms with Gasteiger partial charge in [0.05, 0.1) is 0 Å². The van der Waals surface area contributed by atoms with Gasteiger partial charge in [0.15, 0.2) is 9.84 Å². The third kappa shape index (κ3) is 4.38. The number of piperidine rings is 1. The fraction of sp³-hybridized carbons (Fsp3) is 0.421. The van der Waals surface area contributed by atoms with Gasteiger partial charge in [-0.3, -0.25) is 4.90 Å². The Hall–Kier alpha value is -1.92. The number of sulfone groups is 1. The molecule has 25 heavy (non-hydrogen) atoms. The van der Waals surface area contributed by atoms with Crippen molar-refractivity contribution in [2.75, 3.05) is 24.7 Å². The smallest absolute Gasteiger partial charge is 0.179 e. The predicted octanol–water partition coefficient (Wildman–Crippen LogP) is 3.12. The standard InChI is InChI=1S/C19H25N3O2S/c1-15(16-7-4-3-5-8-16)22-13-10-17(11-14-22)21-19-18(25(2,23)24)9-6-12-20-19/h3-9,12,15,17H,10-11,13-14H2,1-2H3,(H,20,21). The minimum absolute atomic E-state index is 0.245. The average molecular weight is 359 g/mol. The Kier molecular flexibility index (Phi) is 5.39. The number of anilines is 1. The van der Waals surface area contributed by atoms with Crippen molar-refractivity contribution in [2.24, 2.45) is 0 Å². The molecule has 2 heterocycles. The van der Waals surface area contributed by atoms with Crippen LogP contribution in [0.2, 0.25) is 0 Å². The zero-order valence-electron chi connectivity index (χ0n) is 14.7. The van der Waals surface area contributed by atoms with Gasteiger partial charge >= 0.3 is 0 Å². The molecular formula is C19H25N3O2S. The molecule has 1 unspecified atom stereocenters. The Balaban J connectivity index is 1.62. The van der Waals surface area contributed by atoms with Crippen molar-refractivity contribution in [2.45, 2.75) is 36.7 Å². The molecule has 0 spiro atoms. The summed E-state index contributed by atoms with van der Waals surface area (Å²) in [6, 6.07) is 14.4. The molecule has 0 aliphatic carbocycles. The van der Waals surface area contributed by atoms with Crippen molar-refractivity contribution in [1.29, 1.82) is 0 Å². The van der Waals surface area contributed by atoms with Crippen LogP contribution in [0.4, 0.5) is 5.82 Å². The molecule has 0 radical (unpaired) electrons. The van der Waals surface area contributed by atoms with Crippen LogP contribution >= 0.6 is 0 Å². The zero-order chi connectivity index (χ0) is 17.9. The first-order valence-electron chi connectivity index (χ1n) is 8.66. The van der Waals surface area contributed by atoms with Crippen LogP contribution in [-0.2, 0) is 9.84 Å². The van der Waals surface area contributed by atoms with Crippen molar-refractivity contribution in [3.63, 3.8) is 0 Å². The molecule has 6 heteroatoms. The summed E-state index contributed by atoms with van der Waals surface area (Å²) in [5, 5.41) is 3.34. The Morgan fingerprint density at radius 1 is 1.12 bits per heavy atom. The van der Waals surface area contributed by atoms with Gasteiger partial charge < -0.3 is 5.32 Å². The van der Waals surface area contributed by atoms with Crippen LogP contribution in [-0.4, -0.2) is 43.7 Å². The van der Waals surface area contributed by atoms with Gasteiger partial charge in [0.1, 0.15) is 10.7 Å². The van der Waals surface area contributed by atoms with Crippen molar-refractivity contribution >= 4 is 15.7 Å². The topological polar surface area (TPSA) is 62.3 Å². The summed E-state index contributed by atoms with van der Waals surface area (Å²) in [7, 11) is -3.28. The highest BCUT2D eigenvalue weighted by atomic mass is 32.2. The van der Waals surface area contributed by atoms with E-state index in [4.69, 9.17) is 0 Å². The van der Waals surface area contributed by atoms with E-state index in [0.717, 1.165) is 25.9 Å². The number of rotatable bonds is 5. The van der Waals surface area contributed by atoms with Gasteiger partial charge in [0.2, 0.25) is 0 Å². The predicted molar refractivity (Wildman–Crippen MR) is 100 cm³/mol. The number of likely N-dealkylation sites (tertiary alicyclic amines) is 1. The van der Waals surface area contributed by atoms with E-state index in [1.165, 1.54) is 11.8 Å².